The first kappa shape index (κ1) is 9.23. The van der Waals surface area contributed by atoms with Gasteiger partial charge in [0, 0.05) is 11.0 Å². The fourth-order valence-corrected chi connectivity index (χ4v) is 2.19. The van der Waals surface area contributed by atoms with Crippen molar-refractivity contribution in [1.82, 2.24) is 0 Å². The van der Waals surface area contributed by atoms with Gasteiger partial charge in [0.15, 0.2) is 0 Å². The highest BCUT2D eigenvalue weighted by molar-refractivity contribution is 7.55. The summed E-state index contributed by atoms with van der Waals surface area (Å²) in [5.41, 5.74) is 6.72. The van der Waals surface area contributed by atoms with Gasteiger partial charge in [-0.2, -0.15) is 0 Å². The van der Waals surface area contributed by atoms with Crippen molar-refractivity contribution in [2.75, 3.05) is 5.73 Å². The van der Waals surface area contributed by atoms with Crippen LogP contribution in [0, 0.1) is 0 Å². The summed E-state index contributed by atoms with van der Waals surface area (Å²) in [7, 11) is 1.17. The molecule has 2 aromatic rings. The van der Waals surface area contributed by atoms with Crippen molar-refractivity contribution >= 4 is 24.9 Å². The maximum absolute atomic E-state index is 5.86. The molecule has 0 aliphatic carbocycles. The van der Waals surface area contributed by atoms with E-state index in [1.54, 1.807) is 0 Å². The van der Waals surface area contributed by atoms with E-state index in [0.29, 0.717) is 0 Å². The van der Waals surface area contributed by atoms with Gasteiger partial charge in [-0.05, 0) is 20.0 Å². The summed E-state index contributed by atoms with van der Waals surface area (Å²) in [5.74, 6) is 0. The highest BCUT2D eigenvalue weighted by Gasteiger charge is 1.99. The van der Waals surface area contributed by atoms with Crippen LogP contribution in [-0.4, -0.2) is 0 Å². The van der Waals surface area contributed by atoms with Gasteiger partial charge in [-0.3, -0.25) is 0 Å². The Balaban J connectivity index is 2.24. The second kappa shape index (κ2) is 4.26. The molecule has 0 saturated carbocycles. The molecule has 0 aliphatic heterocycles. The minimum Gasteiger partial charge on any atom is -0.398 e. The van der Waals surface area contributed by atoms with Crippen LogP contribution < -0.4 is 16.3 Å². The average Bonchev–Trinajstić information content (AvgIpc) is 2.23. The summed E-state index contributed by atoms with van der Waals surface area (Å²) in [4.78, 5) is 0. The van der Waals surface area contributed by atoms with Crippen LogP contribution in [0.1, 0.15) is 0 Å². The molecule has 0 aromatic heterocycles. The van der Waals surface area contributed by atoms with Crippen LogP contribution in [-0.2, 0) is 0 Å². The number of rotatable bonds is 2. The zero-order chi connectivity index (χ0) is 9.80. The van der Waals surface area contributed by atoms with Gasteiger partial charge in [0.1, 0.15) is 0 Å². The Morgan fingerprint density at radius 2 is 1.43 bits per heavy atom. The van der Waals surface area contributed by atoms with Crippen molar-refractivity contribution in [1.29, 1.82) is 0 Å². The molecule has 2 heteroatoms. The number of benzene rings is 2. The standard InChI is InChI=1S/C12H11NP/c13-11-8-4-5-9-12(11)14-10-6-2-1-3-7-10/h1-9H,13H2. The molecule has 0 spiro atoms. The summed E-state index contributed by atoms with van der Waals surface area (Å²) in [6.07, 6.45) is 0. The number of hydrogen-bond acceptors (Lipinski definition) is 1. The third-order valence-electron chi connectivity index (χ3n) is 1.94. The lowest BCUT2D eigenvalue weighted by Gasteiger charge is -2.03. The quantitative estimate of drug-likeness (QED) is 0.583. The van der Waals surface area contributed by atoms with Crippen molar-refractivity contribution in [2.24, 2.45) is 0 Å². The van der Waals surface area contributed by atoms with E-state index in [1.165, 1.54) is 19.2 Å². The molecule has 2 rings (SSSR count). The highest BCUT2D eigenvalue weighted by Crippen LogP contribution is 2.14. The number of nitrogens with two attached hydrogens (primary N) is 1. The van der Waals surface area contributed by atoms with Gasteiger partial charge in [-0.25, -0.2) is 0 Å². The molecule has 0 saturated heterocycles. The van der Waals surface area contributed by atoms with E-state index in [9.17, 15) is 0 Å². The molecule has 0 fully saturated rings. The van der Waals surface area contributed by atoms with Gasteiger partial charge < -0.3 is 5.73 Å². The van der Waals surface area contributed by atoms with Crippen molar-refractivity contribution in [3.63, 3.8) is 0 Å². The highest BCUT2D eigenvalue weighted by atomic mass is 31.1. The number of para-hydroxylation sites is 1. The number of hydrogen-bond donors (Lipinski definition) is 1. The van der Waals surface area contributed by atoms with Gasteiger partial charge in [0.2, 0.25) is 0 Å². The third kappa shape index (κ3) is 2.12. The fraction of sp³-hybridized carbons (Fsp3) is 0. The molecule has 0 aliphatic rings. The van der Waals surface area contributed by atoms with E-state index in [-0.39, 0.29) is 0 Å². The third-order valence-corrected chi connectivity index (χ3v) is 3.15. The maximum atomic E-state index is 5.86. The van der Waals surface area contributed by atoms with E-state index in [1.807, 2.05) is 36.4 Å². The van der Waals surface area contributed by atoms with Crippen molar-refractivity contribution in [2.45, 2.75) is 0 Å². The summed E-state index contributed by atoms with van der Waals surface area (Å²) >= 11 is 0. The Kier molecular flexibility index (Phi) is 2.81. The van der Waals surface area contributed by atoms with E-state index >= 15 is 0 Å². The first-order chi connectivity index (χ1) is 6.86. The van der Waals surface area contributed by atoms with Crippen molar-refractivity contribution < 1.29 is 0 Å². The van der Waals surface area contributed by atoms with Gasteiger partial charge in [-0.1, -0.05) is 48.5 Å². The second-order valence-corrected chi connectivity index (χ2v) is 4.23. The van der Waals surface area contributed by atoms with Crippen LogP contribution >= 0.6 is 8.58 Å². The predicted molar refractivity (Wildman–Crippen MR) is 63.5 cm³/mol. The van der Waals surface area contributed by atoms with Crippen molar-refractivity contribution in [3.05, 3.63) is 54.6 Å². The number of nitrogen functional groups attached to an aromatic ring is 1. The SMILES string of the molecule is Nc1ccccc1[P]c1ccccc1. The van der Waals surface area contributed by atoms with Gasteiger partial charge in [-0.15, -0.1) is 0 Å². The largest absolute Gasteiger partial charge is 0.398 e. The molecule has 0 heterocycles. The van der Waals surface area contributed by atoms with Crippen LogP contribution in [0.2, 0.25) is 0 Å². The van der Waals surface area contributed by atoms with Gasteiger partial charge in [0.25, 0.3) is 0 Å². The molecular weight excluding hydrogens is 189 g/mol. The molecule has 0 amide bonds. The average molecular weight is 200 g/mol. The summed E-state index contributed by atoms with van der Waals surface area (Å²) in [6.45, 7) is 0. The smallest absolute Gasteiger partial charge is 0.0399 e. The minimum absolute atomic E-state index is 0.859. The van der Waals surface area contributed by atoms with Crippen LogP contribution in [0.15, 0.2) is 54.6 Å². The zero-order valence-corrected chi connectivity index (χ0v) is 8.62. The lowest BCUT2D eigenvalue weighted by atomic mass is 10.3. The molecule has 0 unspecified atom stereocenters. The maximum Gasteiger partial charge on any atom is 0.0399 e. The van der Waals surface area contributed by atoms with Gasteiger partial charge >= 0.3 is 0 Å². The second-order valence-electron chi connectivity index (χ2n) is 3.01. The van der Waals surface area contributed by atoms with E-state index in [2.05, 4.69) is 18.2 Å². The van der Waals surface area contributed by atoms with Crippen LogP contribution in [0.4, 0.5) is 5.69 Å². The molecule has 1 radical (unpaired) electrons. The first-order valence-electron chi connectivity index (χ1n) is 4.47. The zero-order valence-electron chi connectivity index (χ0n) is 7.72. The molecule has 0 bridgehead atoms. The lowest BCUT2D eigenvalue weighted by molar-refractivity contribution is 1.74. The fourth-order valence-electron chi connectivity index (χ4n) is 1.23. The topological polar surface area (TPSA) is 26.0 Å². The molecule has 2 N–H and O–H groups in total. The minimum atomic E-state index is 0.859. The monoisotopic (exact) mass is 200 g/mol. The predicted octanol–water partition coefficient (Wildman–Crippen LogP) is 2.17. The van der Waals surface area contributed by atoms with Gasteiger partial charge in [0.05, 0.1) is 0 Å². The molecule has 2 aromatic carbocycles. The Morgan fingerprint density at radius 1 is 0.786 bits per heavy atom. The van der Waals surface area contributed by atoms with Crippen molar-refractivity contribution in [3.8, 4) is 0 Å². The van der Waals surface area contributed by atoms with Crippen LogP contribution in [0.25, 0.3) is 0 Å². The molecule has 14 heavy (non-hydrogen) atoms. The molecular formula is C12H11NP. The lowest BCUT2D eigenvalue weighted by Crippen LogP contribution is -2.07. The molecule has 0 atom stereocenters. The van der Waals surface area contributed by atoms with Crippen LogP contribution in [0.3, 0.4) is 0 Å². The van der Waals surface area contributed by atoms with Crippen LogP contribution in [0.5, 0.6) is 0 Å². The Bertz CT molecular complexity index is 412. The normalized spacial score (nSPS) is 10.9. The van der Waals surface area contributed by atoms with E-state index in [4.69, 9.17) is 5.73 Å². The molecule has 69 valence electrons. The number of anilines is 1. The Labute approximate surface area is 85.7 Å². The summed E-state index contributed by atoms with van der Waals surface area (Å²) in [5, 5.41) is 2.43. The van der Waals surface area contributed by atoms with E-state index < -0.39 is 0 Å². The Hall–Kier alpha value is -1.33. The summed E-state index contributed by atoms with van der Waals surface area (Å²) in [6, 6.07) is 18.3. The summed E-state index contributed by atoms with van der Waals surface area (Å²) < 4.78 is 0. The Morgan fingerprint density at radius 3 is 2.14 bits per heavy atom. The first-order valence-corrected chi connectivity index (χ1v) is 5.37. The molecule has 1 nitrogen and oxygen atoms in total. The van der Waals surface area contributed by atoms with E-state index in [0.717, 1.165) is 5.69 Å².